The van der Waals surface area contributed by atoms with Gasteiger partial charge >= 0.3 is 0 Å². The molecule has 1 aliphatic heterocycles. The molecule has 2 heterocycles. The van der Waals surface area contributed by atoms with Crippen molar-refractivity contribution >= 4 is 57.9 Å². The minimum Gasteiger partial charge on any atom is -0.497 e. The number of benzene rings is 2. The van der Waals surface area contributed by atoms with E-state index in [0.717, 1.165) is 34.6 Å². The zero-order valence-corrected chi connectivity index (χ0v) is 21.1. The highest BCUT2D eigenvalue weighted by molar-refractivity contribution is 8.01. The minimum absolute atomic E-state index is 0.0803. The maximum absolute atomic E-state index is 12.8. The van der Waals surface area contributed by atoms with E-state index < -0.39 is 0 Å². The molecule has 0 radical (unpaired) electrons. The number of hydrogen-bond donors (Lipinski definition) is 1. The maximum Gasteiger partial charge on any atom is 0.234 e. The summed E-state index contributed by atoms with van der Waals surface area (Å²) in [5.74, 6) is 1.05. The standard InChI is InChI=1S/C24H25ClN4O3S2/c1-32-21-8-6-20(7-9-21)28-10-12-29(13-11-28)23(31)14-19-15-33-24(27-19)34-16-22(30)26-18-4-2-17(25)3-5-18/h2-9,15H,10-14,16H2,1H3,(H,26,30). The fourth-order valence-electron chi connectivity index (χ4n) is 3.57. The molecule has 1 fully saturated rings. The van der Waals surface area contributed by atoms with Crippen LogP contribution in [0.1, 0.15) is 5.69 Å². The zero-order chi connectivity index (χ0) is 23.9. The summed E-state index contributed by atoms with van der Waals surface area (Å²) in [6, 6.07) is 15.0. The molecule has 178 valence electrons. The number of ether oxygens (including phenoxy) is 1. The Labute approximate surface area is 212 Å². The third kappa shape index (κ3) is 6.65. The molecule has 7 nitrogen and oxygen atoms in total. The molecule has 2 aromatic carbocycles. The highest BCUT2D eigenvalue weighted by Gasteiger charge is 2.22. The first-order valence-electron chi connectivity index (χ1n) is 10.8. The SMILES string of the molecule is COc1ccc(N2CCN(C(=O)Cc3csc(SCC(=O)Nc4ccc(Cl)cc4)n3)CC2)cc1. The normalized spacial score (nSPS) is 13.6. The van der Waals surface area contributed by atoms with E-state index >= 15 is 0 Å². The smallest absolute Gasteiger partial charge is 0.234 e. The van der Waals surface area contributed by atoms with Crippen molar-refractivity contribution < 1.29 is 14.3 Å². The average Bonchev–Trinajstić information content (AvgIpc) is 3.31. The molecule has 0 saturated carbocycles. The number of methoxy groups -OCH3 is 1. The van der Waals surface area contributed by atoms with Gasteiger partial charge in [0.2, 0.25) is 11.8 Å². The number of anilines is 2. The lowest BCUT2D eigenvalue weighted by atomic mass is 10.2. The fourth-order valence-corrected chi connectivity index (χ4v) is 5.34. The Morgan fingerprint density at radius 1 is 1.09 bits per heavy atom. The van der Waals surface area contributed by atoms with Gasteiger partial charge in [-0.25, -0.2) is 4.98 Å². The van der Waals surface area contributed by atoms with Crippen LogP contribution in [0.5, 0.6) is 5.75 Å². The fraction of sp³-hybridized carbons (Fsp3) is 0.292. The summed E-state index contributed by atoms with van der Waals surface area (Å²) in [5, 5.41) is 5.35. The number of carbonyl (C=O) groups is 2. The average molecular weight is 517 g/mol. The summed E-state index contributed by atoms with van der Waals surface area (Å²) in [6.07, 6.45) is 0.274. The summed E-state index contributed by atoms with van der Waals surface area (Å²) in [7, 11) is 1.66. The number of rotatable bonds is 8. The van der Waals surface area contributed by atoms with Crippen molar-refractivity contribution in [2.75, 3.05) is 49.3 Å². The number of amides is 2. The van der Waals surface area contributed by atoms with Gasteiger partial charge in [-0.2, -0.15) is 0 Å². The summed E-state index contributed by atoms with van der Waals surface area (Å²) in [6.45, 7) is 2.95. The van der Waals surface area contributed by atoms with Crippen LogP contribution in [-0.4, -0.2) is 60.7 Å². The highest BCUT2D eigenvalue weighted by atomic mass is 35.5. The highest BCUT2D eigenvalue weighted by Crippen LogP contribution is 2.24. The monoisotopic (exact) mass is 516 g/mol. The lowest BCUT2D eigenvalue weighted by Crippen LogP contribution is -2.49. The molecule has 0 unspecified atom stereocenters. The first-order chi connectivity index (χ1) is 16.5. The van der Waals surface area contributed by atoms with Crippen molar-refractivity contribution in [3.8, 4) is 5.75 Å². The summed E-state index contributed by atoms with van der Waals surface area (Å²) in [4.78, 5) is 33.6. The maximum atomic E-state index is 12.8. The predicted octanol–water partition coefficient (Wildman–Crippen LogP) is 4.43. The number of halogens is 1. The Kier molecular flexibility index (Phi) is 8.31. The van der Waals surface area contributed by atoms with Gasteiger partial charge in [-0.1, -0.05) is 23.4 Å². The topological polar surface area (TPSA) is 74.8 Å². The van der Waals surface area contributed by atoms with Crippen LogP contribution in [0.3, 0.4) is 0 Å². The van der Waals surface area contributed by atoms with E-state index in [1.807, 2.05) is 34.5 Å². The van der Waals surface area contributed by atoms with Crippen molar-refractivity contribution in [1.29, 1.82) is 0 Å². The molecular formula is C24H25ClN4O3S2. The van der Waals surface area contributed by atoms with Gasteiger partial charge in [-0.15, -0.1) is 11.3 Å². The molecular weight excluding hydrogens is 492 g/mol. The van der Waals surface area contributed by atoms with E-state index in [9.17, 15) is 9.59 Å². The van der Waals surface area contributed by atoms with Crippen LogP contribution >= 0.6 is 34.7 Å². The molecule has 3 aromatic rings. The minimum atomic E-state index is -0.116. The quantitative estimate of drug-likeness (QED) is 0.446. The van der Waals surface area contributed by atoms with E-state index in [-0.39, 0.29) is 24.0 Å². The van der Waals surface area contributed by atoms with Crippen molar-refractivity contribution in [1.82, 2.24) is 9.88 Å². The van der Waals surface area contributed by atoms with Gasteiger partial charge in [0.05, 0.1) is 25.0 Å². The lowest BCUT2D eigenvalue weighted by Gasteiger charge is -2.36. The van der Waals surface area contributed by atoms with Gasteiger partial charge in [0, 0.05) is 48.0 Å². The number of carbonyl (C=O) groups excluding carboxylic acids is 2. The largest absolute Gasteiger partial charge is 0.497 e. The van der Waals surface area contributed by atoms with Crippen molar-refractivity contribution in [2.45, 2.75) is 10.8 Å². The molecule has 1 N–H and O–H groups in total. The Hall–Kier alpha value is -2.75. The molecule has 0 bridgehead atoms. The third-order valence-electron chi connectivity index (χ3n) is 5.39. The van der Waals surface area contributed by atoms with E-state index in [4.69, 9.17) is 16.3 Å². The van der Waals surface area contributed by atoms with Crippen LogP contribution in [-0.2, 0) is 16.0 Å². The molecule has 0 atom stereocenters. The van der Waals surface area contributed by atoms with Crippen molar-refractivity contribution in [3.05, 3.63) is 64.6 Å². The number of nitrogens with one attached hydrogen (secondary N) is 1. The molecule has 0 spiro atoms. The third-order valence-corrected chi connectivity index (χ3v) is 7.71. The van der Waals surface area contributed by atoms with Gasteiger partial charge < -0.3 is 19.9 Å². The van der Waals surface area contributed by atoms with Crippen LogP contribution < -0.4 is 15.0 Å². The van der Waals surface area contributed by atoms with Crippen LogP contribution in [0.25, 0.3) is 0 Å². The Morgan fingerprint density at radius 2 is 1.79 bits per heavy atom. The first kappa shape index (κ1) is 24.4. The number of piperazine rings is 1. The molecule has 34 heavy (non-hydrogen) atoms. The molecule has 1 aromatic heterocycles. The van der Waals surface area contributed by atoms with E-state index in [1.165, 1.54) is 23.1 Å². The lowest BCUT2D eigenvalue weighted by molar-refractivity contribution is -0.130. The van der Waals surface area contributed by atoms with Crippen molar-refractivity contribution in [3.63, 3.8) is 0 Å². The van der Waals surface area contributed by atoms with E-state index in [2.05, 4.69) is 15.2 Å². The Bertz CT molecular complexity index is 1110. The predicted molar refractivity (Wildman–Crippen MR) is 138 cm³/mol. The molecule has 0 aliphatic carbocycles. The summed E-state index contributed by atoms with van der Waals surface area (Å²) >= 11 is 8.68. The second kappa shape index (κ2) is 11.6. The number of thiazole rings is 1. The van der Waals surface area contributed by atoms with Crippen LogP contribution in [0.15, 0.2) is 58.3 Å². The van der Waals surface area contributed by atoms with Gasteiger partial charge in [-0.3, -0.25) is 9.59 Å². The zero-order valence-electron chi connectivity index (χ0n) is 18.7. The second-order valence-corrected chi connectivity index (χ2v) is 10.2. The number of nitrogens with zero attached hydrogens (tertiary/aromatic N) is 3. The Morgan fingerprint density at radius 3 is 2.47 bits per heavy atom. The molecule has 10 heteroatoms. The Balaban J connectivity index is 1.21. The van der Waals surface area contributed by atoms with Crippen LogP contribution in [0, 0.1) is 0 Å². The van der Waals surface area contributed by atoms with E-state index in [0.29, 0.717) is 23.8 Å². The van der Waals surface area contributed by atoms with Gasteiger partial charge in [0.1, 0.15) is 5.75 Å². The molecule has 1 aliphatic rings. The van der Waals surface area contributed by atoms with E-state index in [1.54, 1.807) is 31.4 Å². The van der Waals surface area contributed by atoms with Crippen molar-refractivity contribution in [2.24, 2.45) is 0 Å². The van der Waals surface area contributed by atoms with Crippen LogP contribution in [0.4, 0.5) is 11.4 Å². The van der Waals surface area contributed by atoms with Gasteiger partial charge in [0.25, 0.3) is 0 Å². The molecule has 4 rings (SSSR count). The second-order valence-electron chi connectivity index (χ2n) is 7.69. The van der Waals surface area contributed by atoms with Crippen LogP contribution in [0.2, 0.25) is 5.02 Å². The van der Waals surface area contributed by atoms with Gasteiger partial charge in [-0.05, 0) is 48.5 Å². The summed E-state index contributed by atoms with van der Waals surface area (Å²) < 4.78 is 5.99. The summed E-state index contributed by atoms with van der Waals surface area (Å²) in [5.41, 5.74) is 2.58. The molecule has 2 amide bonds. The number of thioether (sulfide) groups is 1. The molecule has 1 saturated heterocycles. The number of hydrogen-bond acceptors (Lipinski definition) is 7. The first-order valence-corrected chi connectivity index (χ1v) is 13.0. The number of aromatic nitrogens is 1. The van der Waals surface area contributed by atoms with Gasteiger partial charge in [0.15, 0.2) is 4.34 Å².